The number of likely N-dealkylation sites (tertiary alicyclic amines) is 2. The van der Waals surface area contributed by atoms with E-state index in [0.29, 0.717) is 18.4 Å². The van der Waals surface area contributed by atoms with Crippen LogP contribution in [0.1, 0.15) is 58.6 Å². The van der Waals surface area contributed by atoms with Gasteiger partial charge in [-0.3, -0.25) is 19.1 Å². The number of alkyl halides is 6. The summed E-state index contributed by atoms with van der Waals surface area (Å²) in [4.78, 5) is 42.2. The summed E-state index contributed by atoms with van der Waals surface area (Å²) in [5, 5.41) is 13.2. The molecule has 2 unspecified atom stereocenters. The molecule has 280 valence electrons. The maximum absolute atomic E-state index is 13.9. The van der Waals surface area contributed by atoms with E-state index < -0.39 is 73.6 Å². The summed E-state index contributed by atoms with van der Waals surface area (Å²) in [6.45, 7) is -1.01. The minimum absolute atomic E-state index is 0.107. The van der Waals surface area contributed by atoms with Crippen LogP contribution in [0.15, 0.2) is 65.8 Å². The van der Waals surface area contributed by atoms with Crippen LogP contribution in [0.5, 0.6) is 0 Å². The number of benzene rings is 2. The summed E-state index contributed by atoms with van der Waals surface area (Å²) in [5.41, 5.74) is -2.75. The predicted molar refractivity (Wildman–Crippen MR) is 172 cm³/mol. The van der Waals surface area contributed by atoms with Gasteiger partial charge in [-0.25, -0.2) is 13.1 Å². The Morgan fingerprint density at radius 1 is 0.981 bits per heavy atom. The number of sulfonamides is 1. The average Bonchev–Trinajstić information content (AvgIpc) is 3.99. The Hall–Kier alpha value is -4.92. The minimum Gasteiger partial charge on any atom is -0.340 e. The second-order valence-electron chi connectivity index (χ2n) is 14.5. The first kappa shape index (κ1) is 36.4. The zero-order valence-electron chi connectivity index (χ0n) is 27.8. The van der Waals surface area contributed by atoms with E-state index in [9.17, 15) is 49.1 Å². The predicted octanol–water partition coefficient (Wildman–Crippen LogP) is 4.61. The Morgan fingerprint density at radius 2 is 1.64 bits per heavy atom. The van der Waals surface area contributed by atoms with E-state index in [4.69, 9.17) is 5.26 Å². The van der Waals surface area contributed by atoms with Crippen LogP contribution in [0.4, 0.5) is 26.3 Å². The third-order valence-corrected chi connectivity index (χ3v) is 12.1. The number of aromatic nitrogens is 2. The van der Waals surface area contributed by atoms with E-state index in [1.54, 1.807) is 24.3 Å². The molecule has 2 atom stereocenters. The molecule has 1 N–H and O–H groups in total. The zero-order valence-corrected chi connectivity index (χ0v) is 28.6. The first-order valence-corrected chi connectivity index (χ1v) is 18.2. The molecule has 11 nitrogen and oxygen atoms in total. The summed E-state index contributed by atoms with van der Waals surface area (Å²) in [7, 11) is -4.75. The monoisotopic (exact) mass is 762 g/mol. The third kappa shape index (κ3) is 6.75. The topological polar surface area (TPSA) is 145 Å². The number of carbonyl (C=O) groups is 3. The number of carbonyl (C=O) groups excluding carboxylic acids is 3. The molecule has 18 heteroatoms. The Morgan fingerprint density at radius 3 is 2.23 bits per heavy atom. The van der Waals surface area contributed by atoms with Gasteiger partial charge in [0.2, 0.25) is 11.8 Å². The summed E-state index contributed by atoms with van der Waals surface area (Å²) >= 11 is 0. The molecule has 7 rings (SSSR count). The van der Waals surface area contributed by atoms with E-state index >= 15 is 0 Å². The van der Waals surface area contributed by atoms with Crippen LogP contribution in [0.3, 0.4) is 0 Å². The SMILES string of the molecule is N#Cc1ccc(Cn2cc(C(=O)N3CC(C(=O)NS(=O)(=O)c4cccc(C(C5CC5)C(F)(F)F)c4)C4(C3)CN(C(=O)C3(C(F)(F)F)CC3)C4)cn2)cc1. The van der Waals surface area contributed by atoms with Gasteiger partial charge in [0.05, 0.1) is 46.7 Å². The minimum atomic E-state index is -4.79. The van der Waals surface area contributed by atoms with Crippen molar-refractivity contribution in [1.29, 1.82) is 5.26 Å². The molecule has 0 bridgehead atoms. The Balaban J connectivity index is 1.11. The van der Waals surface area contributed by atoms with Crippen LogP contribution in [0.25, 0.3) is 0 Å². The van der Waals surface area contributed by atoms with Crippen molar-refractivity contribution in [1.82, 2.24) is 24.3 Å². The maximum Gasteiger partial charge on any atom is 0.403 e. The summed E-state index contributed by atoms with van der Waals surface area (Å²) in [6, 6.07) is 12.9. The highest BCUT2D eigenvalue weighted by atomic mass is 32.2. The molecule has 3 amide bonds. The fourth-order valence-electron chi connectivity index (χ4n) is 7.62. The van der Waals surface area contributed by atoms with Gasteiger partial charge in [-0.1, -0.05) is 24.3 Å². The molecule has 53 heavy (non-hydrogen) atoms. The first-order valence-electron chi connectivity index (χ1n) is 16.8. The van der Waals surface area contributed by atoms with Gasteiger partial charge in [0.1, 0.15) is 5.41 Å². The quantitative estimate of drug-likeness (QED) is 0.314. The Bertz CT molecular complexity index is 2110. The van der Waals surface area contributed by atoms with Crippen LogP contribution in [-0.4, -0.2) is 84.3 Å². The molecule has 2 aromatic carbocycles. The van der Waals surface area contributed by atoms with E-state index in [1.165, 1.54) is 28.0 Å². The second-order valence-corrected chi connectivity index (χ2v) is 16.2. The standard InChI is InChI=1S/C35H32F6N6O5S/c36-34(37,38)28(23-8-9-23)24-2-1-3-26(12-24)53(51,52)44-29(48)27-17-45(18-32(27)19-46(20-32)31(50)33(10-11-33)35(39,40)41)30(49)25-14-43-47(16-25)15-22-6-4-21(13-42)5-7-22/h1-7,12,14,16,23,27-28H,8-11,15,17-20H2,(H,44,48). The van der Waals surface area contributed by atoms with E-state index in [-0.39, 0.29) is 56.7 Å². The number of rotatable bonds is 9. The number of nitrogens with one attached hydrogen (secondary N) is 1. The van der Waals surface area contributed by atoms with Crippen molar-refractivity contribution < 1.29 is 49.1 Å². The molecule has 4 aliphatic rings. The van der Waals surface area contributed by atoms with Crippen molar-refractivity contribution in [3.8, 4) is 6.07 Å². The molecule has 0 radical (unpaired) electrons. The number of nitrogens with zero attached hydrogens (tertiary/aromatic N) is 5. The number of halogens is 6. The van der Waals surface area contributed by atoms with Gasteiger partial charge in [0, 0.05) is 37.8 Å². The average molecular weight is 763 g/mol. The van der Waals surface area contributed by atoms with Crippen LogP contribution < -0.4 is 4.72 Å². The zero-order chi connectivity index (χ0) is 38.1. The molecule has 1 aromatic heterocycles. The number of hydrogen-bond acceptors (Lipinski definition) is 7. The van der Waals surface area contributed by atoms with Crippen molar-refractivity contribution in [2.24, 2.45) is 22.7 Å². The summed E-state index contributed by atoms with van der Waals surface area (Å²) < 4.78 is 113. The lowest BCUT2D eigenvalue weighted by molar-refractivity contribution is -0.205. The van der Waals surface area contributed by atoms with E-state index in [0.717, 1.165) is 28.7 Å². The van der Waals surface area contributed by atoms with Crippen molar-refractivity contribution >= 4 is 27.7 Å². The molecule has 2 aliphatic carbocycles. The van der Waals surface area contributed by atoms with Gasteiger partial charge in [-0.15, -0.1) is 0 Å². The molecule has 2 aliphatic heterocycles. The fourth-order valence-corrected chi connectivity index (χ4v) is 8.69. The van der Waals surface area contributed by atoms with Crippen molar-refractivity contribution in [3.05, 3.63) is 83.2 Å². The van der Waals surface area contributed by atoms with Crippen LogP contribution in [0, 0.1) is 34.0 Å². The van der Waals surface area contributed by atoms with Gasteiger partial charge < -0.3 is 9.80 Å². The molecule has 4 fully saturated rings. The lowest BCUT2D eigenvalue weighted by Gasteiger charge is -2.51. The van der Waals surface area contributed by atoms with Gasteiger partial charge in [-0.2, -0.15) is 36.7 Å². The number of amides is 3. The summed E-state index contributed by atoms with van der Waals surface area (Å²) in [6.07, 6.45) is -6.78. The van der Waals surface area contributed by atoms with Gasteiger partial charge in [0.25, 0.3) is 15.9 Å². The Labute approximate surface area is 299 Å². The van der Waals surface area contributed by atoms with E-state index in [2.05, 4.69) is 5.10 Å². The molecular weight excluding hydrogens is 730 g/mol. The highest BCUT2D eigenvalue weighted by Crippen LogP contribution is 2.60. The fraction of sp³-hybridized carbons (Fsp3) is 0.457. The van der Waals surface area contributed by atoms with Gasteiger partial charge in [-0.05, 0) is 67.0 Å². The van der Waals surface area contributed by atoms with Crippen LogP contribution >= 0.6 is 0 Å². The number of nitriles is 1. The first-order chi connectivity index (χ1) is 24.9. The van der Waals surface area contributed by atoms with Crippen molar-refractivity contribution in [3.63, 3.8) is 0 Å². The number of hydrogen-bond donors (Lipinski definition) is 1. The molecule has 3 aromatic rings. The largest absolute Gasteiger partial charge is 0.403 e. The van der Waals surface area contributed by atoms with Gasteiger partial charge >= 0.3 is 12.4 Å². The second kappa shape index (κ2) is 12.6. The molecule has 3 heterocycles. The molecule has 2 saturated heterocycles. The smallest absolute Gasteiger partial charge is 0.340 e. The highest BCUT2D eigenvalue weighted by molar-refractivity contribution is 7.90. The van der Waals surface area contributed by atoms with E-state index in [1.807, 2.05) is 10.8 Å². The summed E-state index contributed by atoms with van der Waals surface area (Å²) in [5.74, 6) is -6.74. The lowest BCUT2D eigenvalue weighted by Crippen LogP contribution is -2.66. The van der Waals surface area contributed by atoms with Crippen LogP contribution in [-0.2, 0) is 26.2 Å². The lowest BCUT2D eigenvalue weighted by atomic mass is 9.70. The molecule has 1 spiro atoms. The Kier molecular flexibility index (Phi) is 8.66. The molecule has 2 saturated carbocycles. The van der Waals surface area contributed by atoms with Crippen molar-refractivity contribution in [2.75, 3.05) is 26.2 Å². The van der Waals surface area contributed by atoms with Gasteiger partial charge in [0.15, 0.2) is 0 Å². The molecular formula is C35H32F6N6O5S. The van der Waals surface area contributed by atoms with Crippen molar-refractivity contribution in [2.45, 2.75) is 55.4 Å². The normalized spacial score (nSPS) is 21.1. The van der Waals surface area contributed by atoms with Crippen LogP contribution in [0.2, 0.25) is 0 Å². The highest BCUT2D eigenvalue weighted by Gasteiger charge is 2.71. The maximum atomic E-state index is 13.9. The third-order valence-electron chi connectivity index (χ3n) is 10.8.